The van der Waals surface area contributed by atoms with Crippen molar-refractivity contribution in [3.8, 4) is 5.75 Å². The standard InChI is InChI=1S/C19H17FN4O2S/c1-12-17(27-19(21)23-12)18(25)24-22-10-13-6-8-15(9-7-13)26-11-14-4-2-3-5-16(14)20/h2-10H,11H2,1H3,(H2,21,23)(H,24,25)/b22-10+. The van der Waals surface area contributed by atoms with Crippen molar-refractivity contribution in [3.63, 3.8) is 0 Å². The van der Waals surface area contributed by atoms with Gasteiger partial charge in [-0.1, -0.05) is 29.5 Å². The number of thiazole rings is 1. The van der Waals surface area contributed by atoms with Crippen LogP contribution in [0.15, 0.2) is 53.6 Å². The Morgan fingerprint density at radius 1 is 1.30 bits per heavy atom. The maximum atomic E-state index is 13.6. The minimum Gasteiger partial charge on any atom is -0.489 e. The Labute approximate surface area is 159 Å². The number of rotatable bonds is 6. The maximum absolute atomic E-state index is 13.6. The molecule has 3 aromatic rings. The van der Waals surface area contributed by atoms with Gasteiger partial charge in [-0.2, -0.15) is 5.10 Å². The second-order valence-corrected chi connectivity index (χ2v) is 6.65. The predicted octanol–water partition coefficient (Wildman–Crippen LogP) is 3.52. The van der Waals surface area contributed by atoms with E-state index in [-0.39, 0.29) is 18.3 Å². The summed E-state index contributed by atoms with van der Waals surface area (Å²) in [6.45, 7) is 1.86. The number of nitrogen functional groups attached to an aromatic ring is 1. The molecule has 0 aliphatic rings. The Balaban J connectivity index is 1.54. The van der Waals surface area contributed by atoms with E-state index in [0.29, 0.717) is 27.0 Å². The van der Waals surface area contributed by atoms with E-state index in [1.807, 2.05) is 0 Å². The quantitative estimate of drug-likeness (QED) is 0.503. The van der Waals surface area contributed by atoms with Crippen LogP contribution in [0.4, 0.5) is 9.52 Å². The number of nitrogens with zero attached hydrogens (tertiary/aromatic N) is 2. The van der Waals surface area contributed by atoms with E-state index in [1.165, 1.54) is 12.3 Å². The van der Waals surface area contributed by atoms with Crippen LogP contribution < -0.4 is 15.9 Å². The Morgan fingerprint density at radius 2 is 2.04 bits per heavy atom. The van der Waals surface area contributed by atoms with Crippen molar-refractivity contribution in [2.75, 3.05) is 5.73 Å². The molecular formula is C19H17FN4O2S. The highest BCUT2D eigenvalue weighted by atomic mass is 32.1. The van der Waals surface area contributed by atoms with Gasteiger partial charge in [0.05, 0.1) is 11.9 Å². The fourth-order valence-corrected chi connectivity index (χ4v) is 2.99. The fraction of sp³-hybridized carbons (Fsp3) is 0.105. The molecule has 0 atom stereocenters. The van der Waals surface area contributed by atoms with Gasteiger partial charge in [0.15, 0.2) is 5.13 Å². The molecule has 0 saturated heterocycles. The highest BCUT2D eigenvalue weighted by Crippen LogP contribution is 2.19. The Hall–Kier alpha value is -3.26. The Bertz CT molecular complexity index is 970. The summed E-state index contributed by atoms with van der Waals surface area (Å²) in [5.41, 5.74) is 9.85. The largest absolute Gasteiger partial charge is 0.489 e. The Morgan fingerprint density at radius 3 is 2.70 bits per heavy atom. The molecular weight excluding hydrogens is 367 g/mol. The highest BCUT2D eigenvalue weighted by molar-refractivity contribution is 7.17. The lowest BCUT2D eigenvalue weighted by Crippen LogP contribution is -2.17. The van der Waals surface area contributed by atoms with Gasteiger partial charge in [-0.15, -0.1) is 0 Å². The SMILES string of the molecule is Cc1nc(N)sc1C(=O)N/N=C/c1ccc(OCc2ccccc2F)cc1. The summed E-state index contributed by atoms with van der Waals surface area (Å²) in [5, 5.41) is 4.27. The summed E-state index contributed by atoms with van der Waals surface area (Å²) < 4.78 is 19.1. The monoisotopic (exact) mass is 384 g/mol. The van der Waals surface area contributed by atoms with Crippen molar-refractivity contribution in [2.45, 2.75) is 13.5 Å². The summed E-state index contributed by atoms with van der Waals surface area (Å²) in [6, 6.07) is 13.5. The van der Waals surface area contributed by atoms with Crippen molar-refractivity contribution in [3.05, 3.63) is 76.0 Å². The van der Waals surface area contributed by atoms with E-state index in [0.717, 1.165) is 16.9 Å². The van der Waals surface area contributed by atoms with Gasteiger partial charge in [0.25, 0.3) is 5.91 Å². The van der Waals surface area contributed by atoms with Gasteiger partial charge >= 0.3 is 0 Å². The summed E-state index contributed by atoms with van der Waals surface area (Å²) in [6.07, 6.45) is 1.51. The molecule has 3 N–H and O–H groups in total. The first kappa shape index (κ1) is 18.5. The van der Waals surface area contributed by atoms with Crippen molar-refractivity contribution < 1.29 is 13.9 Å². The van der Waals surface area contributed by atoms with Crippen LogP contribution in [-0.4, -0.2) is 17.1 Å². The number of carbonyl (C=O) groups excluding carboxylic acids is 1. The zero-order valence-corrected chi connectivity index (χ0v) is 15.3. The van der Waals surface area contributed by atoms with Crippen molar-refractivity contribution in [1.82, 2.24) is 10.4 Å². The molecule has 138 valence electrons. The molecule has 27 heavy (non-hydrogen) atoms. The average molecular weight is 384 g/mol. The zero-order valence-electron chi connectivity index (χ0n) is 14.5. The molecule has 1 heterocycles. The number of carbonyl (C=O) groups is 1. The van der Waals surface area contributed by atoms with E-state index in [4.69, 9.17) is 10.5 Å². The van der Waals surface area contributed by atoms with Crippen LogP contribution in [0.25, 0.3) is 0 Å². The number of hydrazone groups is 1. The lowest BCUT2D eigenvalue weighted by atomic mass is 10.2. The van der Waals surface area contributed by atoms with Crippen LogP contribution in [0.2, 0.25) is 0 Å². The van der Waals surface area contributed by atoms with Crippen LogP contribution in [0.3, 0.4) is 0 Å². The number of nitrogens with two attached hydrogens (primary N) is 1. The minimum absolute atomic E-state index is 0.146. The van der Waals surface area contributed by atoms with Crippen molar-refractivity contribution in [2.24, 2.45) is 5.10 Å². The van der Waals surface area contributed by atoms with Gasteiger partial charge in [-0.25, -0.2) is 14.8 Å². The topological polar surface area (TPSA) is 89.6 Å². The van der Waals surface area contributed by atoms with Crippen molar-refractivity contribution in [1.29, 1.82) is 0 Å². The first-order valence-corrected chi connectivity index (χ1v) is 8.87. The zero-order chi connectivity index (χ0) is 19.2. The molecule has 0 aliphatic heterocycles. The number of nitrogens with one attached hydrogen (secondary N) is 1. The van der Waals surface area contributed by atoms with E-state index >= 15 is 0 Å². The van der Waals surface area contributed by atoms with Crippen LogP contribution in [0.1, 0.15) is 26.5 Å². The summed E-state index contributed by atoms with van der Waals surface area (Å²) in [5.74, 6) is -0.0482. The van der Waals surface area contributed by atoms with Crippen LogP contribution in [0.5, 0.6) is 5.75 Å². The summed E-state index contributed by atoms with van der Waals surface area (Å²) in [7, 11) is 0. The molecule has 3 rings (SSSR count). The average Bonchev–Trinajstić information content (AvgIpc) is 3.00. The number of hydrogen-bond acceptors (Lipinski definition) is 6. The number of hydrogen-bond donors (Lipinski definition) is 2. The molecule has 1 amide bonds. The fourth-order valence-electron chi connectivity index (χ4n) is 2.27. The third-order valence-electron chi connectivity index (χ3n) is 3.63. The number of aromatic nitrogens is 1. The third kappa shape index (κ3) is 4.89. The summed E-state index contributed by atoms with van der Waals surface area (Å²) >= 11 is 1.11. The molecule has 6 nitrogen and oxygen atoms in total. The number of amides is 1. The van der Waals surface area contributed by atoms with Crippen molar-refractivity contribution >= 4 is 28.6 Å². The number of aryl methyl sites for hydroxylation is 1. The van der Waals surface area contributed by atoms with Crippen LogP contribution in [-0.2, 0) is 6.61 Å². The van der Waals surface area contributed by atoms with Gasteiger partial charge in [0.1, 0.15) is 23.1 Å². The number of ether oxygens (including phenoxy) is 1. The third-order valence-corrected chi connectivity index (χ3v) is 4.62. The molecule has 0 aliphatic carbocycles. The lowest BCUT2D eigenvalue weighted by molar-refractivity contribution is 0.0958. The summed E-state index contributed by atoms with van der Waals surface area (Å²) in [4.78, 5) is 16.4. The molecule has 0 fully saturated rings. The van der Waals surface area contributed by atoms with Gasteiger partial charge in [-0.05, 0) is 42.8 Å². The predicted molar refractivity (Wildman–Crippen MR) is 103 cm³/mol. The van der Waals surface area contributed by atoms with Gasteiger partial charge < -0.3 is 10.5 Å². The van der Waals surface area contributed by atoms with E-state index in [2.05, 4.69) is 15.5 Å². The van der Waals surface area contributed by atoms with Gasteiger partial charge in [0, 0.05) is 5.56 Å². The lowest BCUT2D eigenvalue weighted by Gasteiger charge is -2.07. The molecule has 8 heteroatoms. The molecule has 0 bridgehead atoms. The normalized spacial score (nSPS) is 10.9. The molecule has 0 saturated carbocycles. The molecule has 0 unspecified atom stereocenters. The first-order valence-electron chi connectivity index (χ1n) is 8.05. The number of benzene rings is 2. The molecule has 0 spiro atoms. The molecule has 0 radical (unpaired) electrons. The molecule has 2 aromatic carbocycles. The Kier molecular flexibility index (Phi) is 5.77. The van der Waals surface area contributed by atoms with E-state index < -0.39 is 0 Å². The number of anilines is 1. The minimum atomic E-state index is -0.359. The van der Waals surface area contributed by atoms with Crippen LogP contribution in [0, 0.1) is 12.7 Å². The second kappa shape index (κ2) is 8.41. The first-order chi connectivity index (χ1) is 13.0. The van der Waals surface area contributed by atoms with Gasteiger partial charge in [-0.3, -0.25) is 4.79 Å². The van der Waals surface area contributed by atoms with Crippen LogP contribution >= 0.6 is 11.3 Å². The smallest absolute Gasteiger partial charge is 0.283 e. The second-order valence-electron chi connectivity index (χ2n) is 5.61. The maximum Gasteiger partial charge on any atom is 0.283 e. The molecule has 1 aromatic heterocycles. The van der Waals surface area contributed by atoms with E-state index in [9.17, 15) is 9.18 Å². The number of halogens is 1. The van der Waals surface area contributed by atoms with E-state index in [1.54, 1.807) is 49.4 Å². The highest BCUT2D eigenvalue weighted by Gasteiger charge is 2.13. The van der Waals surface area contributed by atoms with Gasteiger partial charge in [0.2, 0.25) is 0 Å².